The van der Waals surface area contributed by atoms with Crippen LogP contribution in [-0.4, -0.2) is 40.3 Å². The number of aromatic nitrogens is 3. The molecule has 1 unspecified atom stereocenters. The van der Waals surface area contributed by atoms with Gasteiger partial charge in [0.15, 0.2) is 11.6 Å². The quantitative estimate of drug-likeness (QED) is 0.405. The monoisotopic (exact) mass is 546 g/mol. The van der Waals surface area contributed by atoms with Gasteiger partial charge in [0.2, 0.25) is 5.88 Å². The molecule has 8 nitrogen and oxygen atoms in total. The average Bonchev–Trinajstić information content (AvgIpc) is 3.25. The zero-order chi connectivity index (χ0) is 27.4. The summed E-state index contributed by atoms with van der Waals surface area (Å²) in [6, 6.07) is 7.87. The minimum Gasteiger partial charge on any atom is -0.473 e. The number of ether oxygens (including phenoxy) is 3. The van der Waals surface area contributed by atoms with Gasteiger partial charge in [-0.05, 0) is 54.9 Å². The molecule has 0 N–H and O–H groups in total. The van der Waals surface area contributed by atoms with Gasteiger partial charge in [-0.25, -0.2) is 9.18 Å². The average molecular weight is 547 g/mol. The second-order valence-electron chi connectivity index (χ2n) is 10.4. The molecule has 0 amide bonds. The molecular weight excluding hydrogens is 520 g/mol. The highest BCUT2D eigenvalue weighted by Gasteiger charge is 2.50. The van der Waals surface area contributed by atoms with Crippen molar-refractivity contribution in [2.24, 2.45) is 5.41 Å². The highest BCUT2D eigenvalue weighted by molar-refractivity contribution is 5.48. The molecule has 1 spiro atoms. The number of benzene rings is 1. The van der Waals surface area contributed by atoms with Crippen molar-refractivity contribution in [1.82, 2.24) is 14.5 Å². The number of halogens is 4. The molecule has 1 aliphatic carbocycles. The lowest BCUT2D eigenvalue weighted by Crippen LogP contribution is -2.53. The number of fused-ring (bicyclic) bond motifs is 3. The summed E-state index contributed by atoms with van der Waals surface area (Å²) in [6.07, 6.45) is 0.794. The largest absolute Gasteiger partial charge is 0.473 e. The van der Waals surface area contributed by atoms with Crippen LogP contribution in [0.4, 0.5) is 23.4 Å². The number of anilines is 1. The smallest absolute Gasteiger partial charge is 0.433 e. The van der Waals surface area contributed by atoms with Crippen molar-refractivity contribution in [3.63, 3.8) is 0 Å². The molecule has 0 radical (unpaired) electrons. The fourth-order valence-corrected chi connectivity index (χ4v) is 5.96. The third kappa shape index (κ3) is 4.93. The maximum Gasteiger partial charge on any atom is 0.433 e. The van der Waals surface area contributed by atoms with Gasteiger partial charge in [0.05, 0.1) is 6.10 Å². The Morgan fingerprint density at radius 2 is 1.95 bits per heavy atom. The lowest BCUT2D eigenvalue weighted by Gasteiger charge is -2.53. The molecule has 39 heavy (non-hydrogen) atoms. The Labute approximate surface area is 221 Å². The molecule has 2 aromatic heterocycles. The van der Waals surface area contributed by atoms with E-state index in [1.165, 1.54) is 18.2 Å². The van der Waals surface area contributed by atoms with Crippen LogP contribution in [0.1, 0.15) is 36.9 Å². The summed E-state index contributed by atoms with van der Waals surface area (Å²) in [6.45, 7) is 1.37. The van der Waals surface area contributed by atoms with Gasteiger partial charge in [0.1, 0.15) is 23.9 Å². The van der Waals surface area contributed by atoms with Crippen LogP contribution in [0.3, 0.4) is 0 Å². The third-order valence-corrected chi connectivity index (χ3v) is 7.93. The third-order valence-electron chi connectivity index (χ3n) is 7.93. The van der Waals surface area contributed by atoms with Crippen LogP contribution in [0.5, 0.6) is 17.4 Å². The molecule has 2 aliphatic heterocycles. The number of rotatable bonds is 6. The molecular formula is C27H26F4N4O4. The Bertz CT molecular complexity index is 1450. The van der Waals surface area contributed by atoms with Crippen molar-refractivity contribution >= 4 is 5.82 Å². The number of hydrogen-bond acceptors (Lipinski definition) is 7. The Balaban J connectivity index is 1.11. The summed E-state index contributed by atoms with van der Waals surface area (Å²) in [5.74, 6) is -0.296. The van der Waals surface area contributed by atoms with Crippen LogP contribution >= 0.6 is 0 Å². The van der Waals surface area contributed by atoms with Gasteiger partial charge in [-0.3, -0.25) is 9.55 Å². The summed E-state index contributed by atoms with van der Waals surface area (Å²) in [4.78, 5) is 22.3. The zero-order valence-corrected chi connectivity index (χ0v) is 21.1. The lowest BCUT2D eigenvalue weighted by atomic mass is 9.60. The molecule has 206 valence electrons. The van der Waals surface area contributed by atoms with E-state index in [9.17, 15) is 22.4 Å². The number of hydrogen-bond donors (Lipinski definition) is 0. The zero-order valence-electron chi connectivity index (χ0n) is 21.1. The first-order chi connectivity index (χ1) is 18.6. The highest BCUT2D eigenvalue weighted by atomic mass is 19.4. The van der Waals surface area contributed by atoms with Crippen molar-refractivity contribution in [3.05, 3.63) is 70.2 Å². The Kier molecular flexibility index (Phi) is 6.24. The highest BCUT2D eigenvalue weighted by Crippen LogP contribution is 2.53. The van der Waals surface area contributed by atoms with Crippen LogP contribution < -0.4 is 20.1 Å². The minimum absolute atomic E-state index is 0.0640. The summed E-state index contributed by atoms with van der Waals surface area (Å²) in [5.41, 5.74) is -0.803. The summed E-state index contributed by atoms with van der Waals surface area (Å²) < 4.78 is 71.5. The van der Waals surface area contributed by atoms with Crippen LogP contribution in [-0.2, 0) is 24.1 Å². The van der Waals surface area contributed by atoms with Gasteiger partial charge in [-0.15, -0.1) is 0 Å². The molecule has 3 aromatic rings. The van der Waals surface area contributed by atoms with E-state index >= 15 is 0 Å². The summed E-state index contributed by atoms with van der Waals surface area (Å²) in [7, 11) is 1.75. The Morgan fingerprint density at radius 1 is 1.13 bits per heavy atom. The number of nitrogens with zero attached hydrogens (tertiary/aromatic N) is 4. The Hall–Kier alpha value is -3.67. The first kappa shape index (κ1) is 25.6. The number of methoxy groups -OCH3 is 1. The molecule has 1 atom stereocenters. The molecule has 1 aromatic carbocycles. The first-order valence-corrected chi connectivity index (χ1v) is 12.7. The maximum atomic E-state index is 14.7. The molecule has 4 heterocycles. The van der Waals surface area contributed by atoms with Crippen molar-refractivity contribution in [3.8, 4) is 17.4 Å². The second kappa shape index (κ2) is 9.51. The van der Waals surface area contributed by atoms with Crippen LogP contribution in [0.25, 0.3) is 0 Å². The summed E-state index contributed by atoms with van der Waals surface area (Å²) >= 11 is 0. The van der Waals surface area contributed by atoms with Gasteiger partial charge in [-0.2, -0.15) is 18.2 Å². The lowest BCUT2D eigenvalue weighted by molar-refractivity contribution is -0.141. The normalized spacial score (nSPS) is 23.8. The molecule has 1 saturated heterocycles. The fourth-order valence-electron chi connectivity index (χ4n) is 5.96. The van der Waals surface area contributed by atoms with E-state index in [-0.39, 0.29) is 41.1 Å². The standard InChI is InChI=1S/C27H26F4N4O4/c1-37-19-12-26(13-19)5-7-34-17(11-26)14-35-24(34)10-23(33-25(35)36)38-15-16-2-3-21(20(28)8-16)39-18-4-6-32-22(9-18)27(29,30)31/h2-4,6,8-10,17,19H,5,7,11-15H2,1H3. The first-order valence-electron chi connectivity index (χ1n) is 12.7. The fraction of sp³-hybridized carbons (Fsp3) is 0.444. The van der Waals surface area contributed by atoms with Crippen molar-refractivity contribution in [1.29, 1.82) is 0 Å². The predicted octanol–water partition coefficient (Wildman–Crippen LogP) is 4.95. The molecule has 2 fully saturated rings. The SMILES string of the molecule is COC1CC2(CCN3c4cc(OCc5ccc(Oc6ccnc(C(F)(F)F)c6)c(F)c5)nc(=O)n4CC3C2)C1. The van der Waals surface area contributed by atoms with Gasteiger partial charge in [0.25, 0.3) is 0 Å². The molecule has 12 heteroatoms. The Morgan fingerprint density at radius 3 is 2.69 bits per heavy atom. The number of pyridine rings is 1. The van der Waals surface area contributed by atoms with Crippen LogP contribution in [0.2, 0.25) is 0 Å². The van der Waals surface area contributed by atoms with E-state index in [0.717, 1.165) is 50.3 Å². The van der Waals surface area contributed by atoms with E-state index in [1.54, 1.807) is 17.7 Å². The van der Waals surface area contributed by atoms with Crippen LogP contribution in [0, 0.1) is 11.2 Å². The molecule has 1 saturated carbocycles. The van der Waals surface area contributed by atoms with E-state index in [0.29, 0.717) is 24.3 Å². The van der Waals surface area contributed by atoms with E-state index in [4.69, 9.17) is 14.2 Å². The van der Waals surface area contributed by atoms with Gasteiger partial charge < -0.3 is 19.1 Å². The van der Waals surface area contributed by atoms with Gasteiger partial charge in [-0.1, -0.05) is 6.07 Å². The molecule has 3 aliphatic rings. The predicted molar refractivity (Wildman–Crippen MR) is 131 cm³/mol. The van der Waals surface area contributed by atoms with Crippen molar-refractivity contribution < 1.29 is 31.8 Å². The molecule has 6 rings (SSSR count). The van der Waals surface area contributed by atoms with Crippen molar-refractivity contribution in [2.45, 2.75) is 57.2 Å². The minimum atomic E-state index is -4.64. The van der Waals surface area contributed by atoms with E-state index in [2.05, 4.69) is 14.9 Å². The maximum absolute atomic E-state index is 14.7. The topological polar surface area (TPSA) is 78.7 Å². The van der Waals surface area contributed by atoms with E-state index < -0.39 is 17.7 Å². The summed E-state index contributed by atoms with van der Waals surface area (Å²) in [5, 5.41) is 0. The van der Waals surface area contributed by atoms with Gasteiger partial charge >= 0.3 is 11.9 Å². The number of alkyl halides is 3. The van der Waals surface area contributed by atoms with Crippen LogP contribution in [0.15, 0.2) is 47.4 Å². The number of piperidine rings is 1. The molecule has 0 bridgehead atoms. The van der Waals surface area contributed by atoms with E-state index in [1.807, 2.05) is 0 Å². The second-order valence-corrected chi connectivity index (χ2v) is 10.4. The van der Waals surface area contributed by atoms with Crippen molar-refractivity contribution in [2.75, 3.05) is 18.6 Å². The van der Waals surface area contributed by atoms with Gasteiger partial charge in [0, 0.05) is 44.6 Å².